The summed E-state index contributed by atoms with van der Waals surface area (Å²) in [5.74, 6) is 5.09. The fourth-order valence-corrected chi connectivity index (χ4v) is 5.28. The van der Waals surface area contributed by atoms with Crippen LogP contribution in [0.4, 0.5) is 0 Å². The Balaban J connectivity index is -0.0000000367. The summed E-state index contributed by atoms with van der Waals surface area (Å²) in [6, 6.07) is 0. The molecule has 0 aromatic rings. The van der Waals surface area contributed by atoms with Gasteiger partial charge < -0.3 is 26.6 Å². The summed E-state index contributed by atoms with van der Waals surface area (Å²) in [6.45, 7) is 16.5. The molecule has 0 N–H and O–H groups in total. The van der Waals surface area contributed by atoms with E-state index < -0.39 is 0 Å². The van der Waals surface area contributed by atoms with Crippen LogP contribution in [-0.2, 0) is 0 Å². The Kier molecular flexibility index (Phi) is 39.1. The molecule has 0 nitrogen and oxygen atoms in total. The summed E-state index contributed by atoms with van der Waals surface area (Å²) in [6.07, 6.45) is 19.3. The van der Waals surface area contributed by atoms with Crippen molar-refractivity contribution in [1.82, 2.24) is 0 Å². The molecule has 0 bridgehead atoms. The third kappa shape index (κ3) is 20.5. The Morgan fingerprint density at radius 2 is 0.938 bits per heavy atom. The summed E-state index contributed by atoms with van der Waals surface area (Å²) < 4.78 is 0. The van der Waals surface area contributed by atoms with Crippen LogP contribution < -0.4 is 0 Å². The maximum Gasteiger partial charge on any atom is 2.00 e. The van der Waals surface area contributed by atoms with E-state index in [-0.39, 0.29) is 95.7 Å². The van der Waals surface area contributed by atoms with Crippen molar-refractivity contribution in [3.8, 4) is 0 Å². The molecule has 0 radical (unpaired) electrons. The van der Waals surface area contributed by atoms with Crippen molar-refractivity contribution in [2.75, 3.05) is 0 Å². The topological polar surface area (TPSA) is 0 Å². The van der Waals surface area contributed by atoms with Gasteiger partial charge in [0, 0.05) is 0 Å². The minimum absolute atomic E-state index is 0. The van der Waals surface area contributed by atoms with Gasteiger partial charge in [-0.2, -0.15) is 0 Å². The van der Waals surface area contributed by atoms with Crippen LogP contribution in [0.1, 0.15) is 136 Å². The molecule has 0 aromatic heterocycles. The van der Waals surface area contributed by atoms with E-state index in [1.807, 2.05) is 0 Å². The molecule has 3 aliphatic rings. The number of hydrogen-bond acceptors (Lipinski definition) is 0. The Morgan fingerprint density at radius 3 is 1.16 bits per heavy atom. The second kappa shape index (κ2) is 26.4. The third-order valence-corrected chi connectivity index (χ3v) is 7.77. The third-order valence-electron chi connectivity index (χ3n) is 7.77. The minimum Gasteiger partial charge on any atom is -1.00 e. The molecule has 0 heterocycles. The normalized spacial score (nSPS) is 19.1. The molecule has 0 amide bonds. The van der Waals surface area contributed by atoms with Gasteiger partial charge in [0.2, 0.25) is 0 Å². The van der Waals surface area contributed by atoms with Crippen LogP contribution >= 0.6 is 0 Å². The molecular weight excluding hydrogens is 421 g/mol. The molecule has 1 unspecified atom stereocenters. The zero-order chi connectivity index (χ0) is 19.6. The van der Waals surface area contributed by atoms with Crippen molar-refractivity contribution < 1.29 is 4.28 Å². The van der Waals surface area contributed by atoms with Gasteiger partial charge in [0.05, 0.1) is 0 Å². The zero-order valence-electron chi connectivity index (χ0n) is 27.7. The van der Waals surface area contributed by atoms with Gasteiger partial charge in [-0.05, 0) is 47.8 Å². The van der Waals surface area contributed by atoms with Crippen LogP contribution in [0.2, 0.25) is 0 Å². The summed E-state index contributed by atoms with van der Waals surface area (Å²) in [5, 5.41) is 0. The SMILES string of the molecule is CC(C)(C)C1CCCC1.CC(C)C1CCCC1.CCC(C)C1CCCC1.[CH3-].[CH3-].[CH3-].[H-].[H-].[H-].[Mg+2].[Mg+2].[Mg+2]. The maximum absolute atomic E-state index is 2.40. The molecule has 3 rings (SSSR count). The van der Waals surface area contributed by atoms with Crippen LogP contribution in [0.3, 0.4) is 0 Å². The van der Waals surface area contributed by atoms with E-state index in [0.29, 0.717) is 5.41 Å². The van der Waals surface area contributed by atoms with Crippen LogP contribution in [0.5, 0.6) is 0 Å². The summed E-state index contributed by atoms with van der Waals surface area (Å²) >= 11 is 0. The molecule has 3 aliphatic carbocycles. The first-order valence-electron chi connectivity index (χ1n) is 12.3. The summed E-state index contributed by atoms with van der Waals surface area (Å²) in [5.41, 5.74) is 0.580. The predicted molar refractivity (Wildman–Crippen MR) is 159 cm³/mol. The molecule has 0 aliphatic heterocycles. The largest absolute Gasteiger partial charge is 2.00 e. The molecule has 3 heteroatoms. The molecule has 1 atom stereocenters. The average molecular weight is 486 g/mol. The second-order valence-corrected chi connectivity index (χ2v) is 11.1. The molecule has 3 saturated carbocycles. The maximum atomic E-state index is 2.40. The van der Waals surface area contributed by atoms with Gasteiger partial charge in [-0.3, -0.25) is 0 Å². The molecule has 3 fully saturated rings. The Labute approximate surface area is 260 Å². The van der Waals surface area contributed by atoms with Crippen molar-refractivity contribution in [3.05, 3.63) is 22.3 Å². The number of rotatable bonds is 3. The molecule has 0 aromatic carbocycles. The minimum atomic E-state index is 0. The predicted octanol–water partition coefficient (Wildman–Crippen LogP) is 9.82. The van der Waals surface area contributed by atoms with Gasteiger partial charge in [0.25, 0.3) is 0 Å². The van der Waals surface area contributed by atoms with E-state index in [1.165, 1.54) is 83.5 Å². The molecule has 186 valence electrons. The molecular formula is C29H64Mg3. The molecule has 0 spiro atoms. The van der Waals surface area contributed by atoms with Gasteiger partial charge in [-0.1, -0.05) is 119 Å². The zero-order valence-corrected chi connectivity index (χ0v) is 28.9. The Morgan fingerprint density at radius 1 is 0.625 bits per heavy atom. The van der Waals surface area contributed by atoms with E-state index >= 15 is 0 Å². The second-order valence-electron chi connectivity index (χ2n) is 11.1. The van der Waals surface area contributed by atoms with Crippen LogP contribution in [0.25, 0.3) is 0 Å². The fraction of sp³-hybridized carbons (Fsp3) is 0.897. The van der Waals surface area contributed by atoms with Crippen molar-refractivity contribution in [2.24, 2.45) is 35.0 Å². The Hall–Kier alpha value is 2.30. The van der Waals surface area contributed by atoms with Crippen LogP contribution in [0, 0.1) is 57.3 Å². The van der Waals surface area contributed by atoms with Crippen molar-refractivity contribution in [1.29, 1.82) is 0 Å². The van der Waals surface area contributed by atoms with Crippen molar-refractivity contribution in [2.45, 2.75) is 132 Å². The molecule has 32 heavy (non-hydrogen) atoms. The standard InChI is InChI=1S/2C9H18.C8H16.3CH3.3Mg.3H/c1-9(2,3)8-6-4-5-7-8;1-3-8(2)9-6-4-5-7-9;1-7(2)8-5-3-4-6-8;;;;;;;;;/h8H,4-7H2,1-3H3;8-9H,3-7H2,1-2H3;7-8H,3-6H2,1-2H3;3*1H3;;;;;;/q;;;3*-1;3*+2;3*-1. The van der Waals surface area contributed by atoms with E-state index in [9.17, 15) is 0 Å². The first-order chi connectivity index (χ1) is 12.3. The van der Waals surface area contributed by atoms with Gasteiger partial charge >= 0.3 is 69.2 Å². The van der Waals surface area contributed by atoms with Gasteiger partial charge in [-0.15, -0.1) is 0 Å². The van der Waals surface area contributed by atoms with Crippen molar-refractivity contribution in [3.63, 3.8) is 0 Å². The number of hydrogen-bond donors (Lipinski definition) is 0. The quantitative estimate of drug-likeness (QED) is 0.276. The fourth-order valence-electron chi connectivity index (χ4n) is 5.28. The van der Waals surface area contributed by atoms with Gasteiger partial charge in [0.1, 0.15) is 0 Å². The monoisotopic (exact) mass is 484 g/mol. The van der Waals surface area contributed by atoms with Crippen molar-refractivity contribution >= 4 is 69.2 Å². The van der Waals surface area contributed by atoms with E-state index in [0.717, 1.165) is 29.6 Å². The summed E-state index contributed by atoms with van der Waals surface area (Å²) in [7, 11) is 0. The average Bonchev–Trinajstić information content (AvgIpc) is 3.38. The first-order valence-corrected chi connectivity index (χ1v) is 12.3. The van der Waals surface area contributed by atoms with E-state index in [2.05, 4.69) is 48.5 Å². The Bertz CT molecular complexity index is 346. The van der Waals surface area contributed by atoms with Crippen LogP contribution in [-0.4, -0.2) is 69.2 Å². The van der Waals surface area contributed by atoms with E-state index in [1.54, 1.807) is 0 Å². The molecule has 0 saturated heterocycles. The van der Waals surface area contributed by atoms with Gasteiger partial charge in [0.15, 0.2) is 0 Å². The smallest absolute Gasteiger partial charge is 1.00 e. The van der Waals surface area contributed by atoms with Crippen LogP contribution in [0.15, 0.2) is 0 Å². The van der Waals surface area contributed by atoms with E-state index in [4.69, 9.17) is 0 Å². The summed E-state index contributed by atoms with van der Waals surface area (Å²) in [4.78, 5) is 0. The van der Waals surface area contributed by atoms with Gasteiger partial charge in [-0.25, -0.2) is 0 Å². The first kappa shape index (κ1) is 47.5.